The fraction of sp³-hybridized carbons (Fsp3) is 0.294. The van der Waals surface area contributed by atoms with Gasteiger partial charge in [0.05, 0.1) is 6.04 Å². The van der Waals surface area contributed by atoms with Gasteiger partial charge in [0.1, 0.15) is 0 Å². The molecular formula is C17H18BrCl2N. The third kappa shape index (κ3) is 4.23. The first kappa shape index (κ1) is 16.8. The Morgan fingerprint density at radius 2 is 1.81 bits per heavy atom. The van der Waals surface area contributed by atoms with Crippen LogP contribution in [0, 0.1) is 6.92 Å². The van der Waals surface area contributed by atoms with Crippen LogP contribution >= 0.6 is 39.1 Å². The van der Waals surface area contributed by atoms with Gasteiger partial charge in [0.2, 0.25) is 0 Å². The Labute approximate surface area is 144 Å². The maximum atomic E-state index is 6.40. The number of hydrogen-bond acceptors (Lipinski definition) is 1. The number of benzene rings is 2. The average Bonchev–Trinajstić information content (AvgIpc) is 2.42. The molecule has 0 amide bonds. The Bertz CT molecular complexity index is 577. The molecule has 1 atom stereocenters. The predicted molar refractivity (Wildman–Crippen MR) is 95.5 cm³/mol. The summed E-state index contributed by atoms with van der Waals surface area (Å²) in [6, 6.07) is 12.1. The van der Waals surface area contributed by atoms with Crippen molar-refractivity contribution in [2.75, 3.05) is 6.54 Å². The van der Waals surface area contributed by atoms with E-state index in [0.717, 1.165) is 23.0 Å². The Morgan fingerprint density at radius 1 is 1.10 bits per heavy atom. The molecule has 0 fully saturated rings. The molecule has 112 valence electrons. The van der Waals surface area contributed by atoms with Crippen LogP contribution in [0.2, 0.25) is 10.0 Å². The molecule has 21 heavy (non-hydrogen) atoms. The summed E-state index contributed by atoms with van der Waals surface area (Å²) in [6.45, 7) is 5.20. The summed E-state index contributed by atoms with van der Waals surface area (Å²) in [5.41, 5.74) is 3.51. The van der Waals surface area contributed by atoms with E-state index in [-0.39, 0.29) is 6.04 Å². The largest absolute Gasteiger partial charge is 0.306 e. The molecule has 1 nitrogen and oxygen atoms in total. The highest BCUT2D eigenvalue weighted by molar-refractivity contribution is 9.10. The topological polar surface area (TPSA) is 12.0 Å². The second kappa shape index (κ2) is 7.64. The fourth-order valence-corrected chi connectivity index (χ4v) is 3.37. The lowest BCUT2D eigenvalue weighted by Crippen LogP contribution is -2.24. The Balaban J connectivity index is 2.46. The maximum Gasteiger partial charge on any atom is 0.0594 e. The van der Waals surface area contributed by atoms with Crippen molar-refractivity contribution < 1.29 is 0 Å². The molecule has 4 heteroatoms. The molecule has 0 aliphatic carbocycles. The monoisotopic (exact) mass is 385 g/mol. The molecule has 0 spiro atoms. The van der Waals surface area contributed by atoms with E-state index >= 15 is 0 Å². The first-order valence-electron chi connectivity index (χ1n) is 6.97. The van der Waals surface area contributed by atoms with Crippen LogP contribution in [0.3, 0.4) is 0 Å². The lowest BCUT2D eigenvalue weighted by atomic mass is 9.95. The van der Waals surface area contributed by atoms with Crippen molar-refractivity contribution in [1.29, 1.82) is 0 Å². The highest BCUT2D eigenvalue weighted by Gasteiger charge is 2.18. The summed E-state index contributed by atoms with van der Waals surface area (Å²) in [7, 11) is 0. The summed E-state index contributed by atoms with van der Waals surface area (Å²) in [5.74, 6) is 0. The highest BCUT2D eigenvalue weighted by Crippen LogP contribution is 2.32. The summed E-state index contributed by atoms with van der Waals surface area (Å²) >= 11 is 15.9. The molecular weight excluding hydrogens is 369 g/mol. The third-order valence-corrected chi connectivity index (χ3v) is 4.47. The van der Waals surface area contributed by atoms with E-state index in [1.807, 2.05) is 12.1 Å². The molecule has 2 aromatic rings. The molecule has 0 heterocycles. The lowest BCUT2D eigenvalue weighted by Gasteiger charge is -2.23. The number of hydrogen-bond donors (Lipinski definition) is 1. The molecule has 0 aliphatic heterocycles. The zero-order chi connectivity index (χ0) is 15.4. The molecule has 0 saturated carbocycles. The van der Waals surface area contributed by atoms with Crippen molar-refractivity contribution in [3.05, 3.63) is 67.6 Å². The van der Waals surface area contributed by atoms with Gasteiger partial charge in [0.15, 0.2) is 0 Å². The number of aryl methyl sites for hydroxylation is 1. The second-order valence-electron chi connectivity index (χ2n) is 5.05. The predicted octanol–water partition coefficient (Wildman–Crippen LogP) is 6.15. The van der Waals surface area contributed by atoms with Crippen LogP contribution in [0.15, 0.2) is 40.9 Å². The van der Waals surface area contributed by atoms with Crippen molar-refractivity contribution >= 4 is 39.1 Å². The van der Waals surface area contributed by atoms with E-state index < -0.39 is 0 Å². The minimum Gasteiger partial charge on any atom is -0.306 e. The smallest absolute Gasteiger partial charge is 0.0594 e. The minimum absolute atomic E-state index is 0.0721. The molecule has 0 radical (unpaired) electrons. The Morgan fingerprint density at radius 3 is 2.43 bits per heavy atom. The molecule has 1 unspecified atom stereocenters. The van der Waals surface area contributed by atoms with E-state index in [1.54, 1.807) is 6.07 Å². The van der Waals surface area contributed by atoms with Gasteiger partial charge < -0.3 is 5.32 Å². The van der Waals surface area contributed by atoms with Gasteiger partial charge in [-0.05, 0) is 60.8 Å². The van der Waals surface area contributed by atoms with Gasteiger partial charge in [-0.15, -0.1) is 0 Å². The molecule has 0 bridgehead atoms. The summed E-state index contributed by atoms with van der Waals surface area (Å²) in [5, 5.41) is 4.93. The summed E-state index contributed by atoms with van der Waals surface area (Å²) < 4.78 is 1.08. The third-order valence-electron chi connectivity index (χ3n) is 3.41. The molecule has 2 aromatic carbocycles. The van der Waals surface area contributed by atoms with Crippen LogP contribution in [0.1, 0.15) is 36.1 Å². The number of rotatable bonds is 5. The first-order chi connectivity index (χ1) is 10.0. The minimum atomic E-state index is 0.0721. The quantitative estimate of drug-likeness (QED) is 0.649. The van der Waals surface area contributed by atoms with E-state index in [1.165, 1.54) is 11.1 Å². The maximum absolute atomic E-state index is 6.40. The van der Waals surface area contributed by atoms with Gasteiger partial charge in [-0.25, -0.2) is 0 Å². The van der Waals surface area contributed by atoms with Crippen molar-refractivity contribution in [3.63, 3.8) is 0 Å². The average molecular weight is 387 g/mol. The van der Waals surface area contributed by atoms with Crippen molar-refractivity contribution in [2.24, 2.45) is 0 Å². The zero-order valence-electron chi connectivity index (χ0n) is 12.1. The van der Waals surface area contributed by atoms with Gasteiger partial charge in [-0.2, -0.15) is 0 Å². The van der Waals surface area contributed by atoms with Crippen molar-refractivity contribution in [3.8, 4) is 0 Å². The van der Waals surface area contributed by atoms with Crippen LogP contribution in [-0.2, 0) is 0 Å². The molecule has 0 saturated heterocycles. The van der Waals surface area contributed by atoms with Crippen LogP contribution in [0.25, 0.3) is 0 Å². The van der Waals surface area contributed by atoms with E-state index in [4.69, 9.17) is 23.2 Å². The normalized spacial score (nSPS) is 12.4. The van der Waals surface area contributed by atoms with Crippen LogP contribution in [-0.4, -0.2) is 6.54 Å². The highest BCUT2D eigenvalue weighted by atomic mass is 79.9. The lowest BCUT2D eigenvalue weighted by molar-refractivity contribution is 0.596. The van der Waals surface area contributed by atoms with E-state index in [2.05, 4.69) is 53.3 Å². The molecule has 1 N–H and O–H groups in total. The van der Waals surface area contributed by atoms with Crippen molar-refractivity contribution in [2.45, 2.75) is 26.3 Å². The summed E-state index contributed by atoms with van der Waals surface area (Å²) in [4.78, 5) is 0. The van der Waals surface area contributed by atoms with Crippen LogP contribution < -0.4 is 5.32 Å². The van der Waals surface area contributed by atoms with E-state index in [9.17, 15) is 0 Å². The molecule has 0 aromatic heterocycles. The SMILES string of the molecule is CCCNC(c1ccc(Br)cc1C)c1ccc(Cl)cc1Cl. The zero-order valence-corrected chi connectivity index (χ0v) is 15.2. The van der Waals surface area contributed by atoms with Gasteiger partial charge in [-0.1, -0.05) is 58.2 Å². The van der Waals surface area contributed by atoms with Gasteiger partial charge in [0, 0.05) is 14.5 Å². The van der Waals surface area contributed by atoms with Crippen LogP contribution in [0.4, 0.5) is 0 Å². The van der Waals surface area contributed by atoms with Gasteiger partial charge in [-0.3, -0.25) is 0 Å². The standard InChI is InChI=1S/C17H18BrCl2N/c1-3-8-21-17(14-6-4-12(18)9-11(14)2)15-7-5-13(19)10-16(15)20/h4-7,9-10,17,21H,3,8H2,1-2H3. The van der Waals surface area contributed by atoms with E-state index in [0.29, 0.717) is 10.0 Å². The molecule has 0 aliphatic rings. The Hall–Kier alpha value is -0.540. The second-order valence-corrected chi connectivity index (χ2v) is 6.81. The number of nitrogens with one attached hydrogen (secondary N) is 1. The summed E-state index contributed by atoms with van der Waals surface area (Å²) in [6.07, 6.45) is 1.07. The first-order valence-corrected chi connectivity index (χ1v) is 8.52. The van der Waals surface area contributed by atoms with Crippen molar-refractivity contribution in [1.82, 2.24) is 5.32 Å². The van der Waals surface area contributed by atoms with Gasteiger partial charge in [0.25, 0.3) is 0 Å². The number of halogens is 3. The fourth-order valence-electron chi connectivity index (χ4n) is 2.37. The molecule has 2 rings (SSSR count). The van der Waals surface area contributed by atoms with Gasteiger partial charge >= 0.3 is 0 Å². The van der Waals surface area contributed by atoms with Crippen LogP contribution in [0.5, 0.6) is 0 Å². The Kier molecular flexibility index (Phi) is 6.12.